The predicted molar refractivity (Wildman–Crippen MR) is 65.0 cm³/mol. The molecule has 1 fully saturated rings. The lowest BCUT2D eigenvalue weighted by atomic mass is 9.83. The van der Waals surface area contributed by atoms with Crippen molar-refractivity contribution in [2.75, 3.05) is 13.1 Å². The molecule has 0 saturated heterocycles. The van der Waals surface area contributed by atoms with E-state index in [9.17, 15) is 0 Å². The Bertz CT molecular complexity index is 317. The second-order valence-electron chi connectivity index (χ2n) is 4.78. The van der Waals surface area contributed by atoms with Gasteiger partial charge >= 0.3 is 0 Å². The van der Waals surface area contributed by atoms with E-state index < -0.39 is 0 Å². The zero-order valence-electron chi connectivity index (χ0n) is 10.0. The van der Waals surface area contributed by atoms with Gasteiger partial charge in [0.15, 0.2) is 0 Å². The monoisotopic (exact) mass is 222 g/mol. The molecular weight excluding hydrogens is 200 g/mol. The summed E-state index contributed by atoms with van der Waals surface area (Å²) in [6.07, 6.45) is 9.48. The van der Waals surface area contributed by atoms with Crippen molar-refractivity contribution in [2.24, 2.45) is 18.7 Å². The number of aromatic nitrogens is 2. The van der Waals surface area contributed by atoms with Gasteiger partial charge in [-0.3, -0.25) is 4.68 Å². The van der Waals surface area contributed by atoms with Crippen LogP contribution in [0, 0.1) is 5.92 Å². The molecule has 0 spiro atoms. The minimum Gasteiger partial charge on any atom is -0.329 e. The molecule has 1 unspecified atom stereocenters. The molecule has 90 valence electrons. The minimum absolute atomic E-state index is 0.258. The SMILES string of the molecule is Cn1cc(C(CN)NCCC2CCC2)cn1. The first-order valence-corrected chi connectivity index (χ1v) is 6.21. The van der Waals surface area contributed by atoms with Crippen LogP contribution in [0.5, 0.6) is 0 Å². The first kappa shape index (κ1) is 11.6. The third-order valence-electron chi connectivity index (χ3n) is 3.53. The summed E-state index contributed by atoms with van der Waals surface area (Å²) >= 11 is 0. The molecule has 0 radical (unpaired) electrons. The van der Waals surface area contributed by atoms with E-state index in [2.05, 4.69) is 10.4 Å². The van der Waals surface area contributed by atoms with Gasteiger partial charge in [-0.25, -0.2) is 0 Å². The Morgan fingerprint density at radius 1 is 1.62 bits per heavy atom. The molecule has 2 rings (SSSR count). The minimum atomic E-state index is 0.258. The first-order valence-electron chi connectivity index (χ1n) is 6.21. The summed E-state index contributed by atoms with van der Waals surface area (Å²) in [6, 6.07) is 0.258. The highest BCUT2D eigenvalue weighted by Crippen LogP contribution is 2.28. The summed E-state index contributed by atoms with van der Waals surface area (Å²) in [7, 11) is 1.94. The number of nitrogens with zero attached hydrogens (tertiary/aromatic N) is 2. The van der Waals surface area contributed by atoms with Crippen LogP contribution in [0.1, 0.15) is 37.3 Å². The van der Waals surface area contributed by atoms with Crippen molar-refractivity contribution < 1.29 is 0 Å². The highest BCUT2D eigenvalue weighted by molar-refractivity contribution is 5.10. The van der Waals surface area contributed by atoms with Crippen molar-refractivity contribution in [2.45, 2.75) is 31.7 Å². The topological polar surface area (TPSA) is 55.9 Å². The van der Waals surface area contributed by atoms with Gasteiger partial charge in [0, 0.05) is 31.4 Å². The summed E-state index contributed by atoms with van der Waals surface area (Å²) in [4.78, 5) is 0. The maximum atomic E-state index is 5.78. The van der Waals surface area contributed by atoms with Crippen molar-refractivity contribution in [1.29, 1.82) is 0 Å². The Balaban J connectivity index is 1.76. The first-order chi connectivity index (χ1) is 7.79. The summed E-state index contributed by atoms with van der Waals surface area (Å²) in [5, 5.41) is 7.70. The second kappa shape index (κ2) is 5.46. The molecule has 0 amide bonds. The van der Waals surface area contributed by atoms with Crippen LogP contribution in [0.3, 0.4) is 0 Å². The molecule has 3 N–H and O–H groups in total. The average molecular weight is 222 g/mol. The van der Waals surface area contributed by atoms with Crippen LogP contribution in [0.25, 0.3) is 0 Å². The van der Waals surface area contributed by atoms with Crippen LogP contribution in [0.4, 0.5) is 0 Å². The molecule has 1 heterocycles. The van der Waals surface area contributed by atoms with Gasteiger partial charge < -0.3 is 11.1 Å². The van der Waals surface area contributed by atoms with E-state index in [0.717, 1.165) is 12.5 Å². The van der Waals surface area contributed by atoms with Gasteiger partial charge in [0.1, 0.15) is 0 Å². The molecular formula is C12H22N4. The van der Waals surface area contributed by atoms with Crippen LogP contribution in [0.2, 0.25) is 0 Å². The van der Waals surface area contributed by atoms with Gasteiger partial charge in [-0.2, -0.15) is 5.10 Å². The van der Waals surface area contributed by atoms with Crippen LogP contribution >= 0.6 is 0 Å². The second-order valence-corrected chi connectivity index (χ2v) is 4.78. The summed E-state index contributed by atoms with van der Waals surface area (Å²) < 4.78 is 1.83. The fraction of sp³-hybridized carbons (Fsp3) is 0.750. The van der Waals surface area contributed by atoms with Crippen molar-refractivity contribution in [3.05, 3.63) is 18.0 Å². The lowest BCUT2D eigenvalue weighted by molar-refractivity contribution is 0.288. The Morgan fingerprint density at radius 2 is 2.44 bits per heavy atom. The molecule has 1 saturated carbocycles. The van der Waals surface area contributed by atoms with Gasteiger partial charge in [-0.05, 0) is 18.9 Å². The van der Waals surface area contributed by atoms with Gasteiger partial charge in [-0.1, -0.05) is 19.3 Å². The molecule has 0 aliphatic heterocycles. The number of nitrogens with two attached hydrogens (primary N) is 1. The fourth-order valence-electron chi connectivity index (χ4n) is 2.20. The number of hydrogen-bond acceptors (Lipinski definition) is 3. The van der Waals surface area contributed by atoms with Crippen LogP contribution in [0.15, 0.2) is 12.4 Å². The zero-order chi connectivity index (χ0) is 11.4. The quantitative estimate of drug-likeness (QED) is 0.760. The number of rotatable bonds is 6. The van der Waals surface area contributed by atoms with Crippen LogP contribution < -0.4 is 11.1 Å². The maximum Gasteiger partial charge on any atom is 0.0538 e. The largest absolute Gasteiger partial charge is 0.329 e. The van der Waals surface area contributed by atoms with E-state index in [1.165, 1.54) is 31.2 Å². The lowest BCUT2D eigenvalue weighted by Gasteiger charge is -2.26. The normalized spacial score (nSPS) is 18.4. The molecule has 4 heteroatoms. The Morgan fingerprint density at radius 3 is 2.94 bits per heavy atom. The molecule has 0 aromatic carbocycles. The molecule has 1 aromatic rings. The zero-order valence-corrected chi connectivity index (χ0v) is 10.0. The van der Waals surface area contributed by atoms with E-state index in [1.54, 1.807) is 0 Å². The van der Waals surface area contributed by atoms with Gasteiger partial charge in [0.2, 0.25) is 0 Å². The molecule has 1 aliphatic rings. The number of aryl methyl sites for hydroxylation is 1. The van der Waals surface area contributed by atoms with Crippen molar-refractivity contribution >= 4 is 0 Å². The van der Waals surface area contributed by atoms with E-state index >= 15 is 0 Å². The van der Waals surface area contributed by atoms with E-state index in [4.69, 9.17) is 5.73 Å². The molecule has 4 nitrogen and oxygen atoms in total. The average Bonchev–Trinajstić information content (AvgIpc) is 2.62. The summed E-state index contributed by atoms with van der Waals surface area (Å²) in [5.74, 6) is 0.958. The van der Waals surface area contributed by atoms with E-state index in [1.807, 2.05) is 24.1 Å². The number of hydrogen-bond donors (Lipinski definition) is 2. The molecule has 1 aliphatic carbocycles. The van der Waals surface area contributed by atoms with Crippen molar-refractivity contribution in [1.82, 2.24) is 15.1 Å². The van der Waals surface area contributed by atoms with Gasteiger partial charge in [-0.15, -0.1) is 0 Å². The summed E-state index contributed by atoms with van der Waals surface area (Å²) in [5.41, 5.74) is 6.97. The summed E-state index contributed by atoms with van der Waals surface area (Å²) in [6.45, 7) is 1.71. The van der Waals surface area contributed by atoms with Crippen molar-refractivity contribution in [3.8, 4) is 0 Å². The Labute approximate surface area is 97.2 Å². The van der Waals surface area contributed by atoms with Crippen molar-refractivity contribution in [3.63, 3.8) is 0 Å². The highest BCUT2D eigenvalue weighted by Gasteiger charge is 2.17. The van der Waals surface area contributed by atoms with Gasteiger partial charge in [0.05, 0.1) is 6.20 Å². The molecule has 0 bridgehead atoms. The van der Waals surface area contributed by atoms with E-state index in [0.29, 0.717) is 6.54 Å². The fourth-order valence-corrected chi connectivity index (χ4v) is 2.20. The Hall–Kier alpha value is -0.870. The smallest absolute Gasteiger partial charge is 0.0538 e. The molecule has 1 aromatic heterocycles. The molecule has 16 heavy (non-hydrogen) atoms. The number of nitrogens with one attached hydrogen (secondary N) is 1. The van der Waals surface area contributed by atoms with Gasteiger partial charge in [0.25, 0.3) is 0 Å². The van der Waals surface area contributed by atoms with E-state index in [-0.39, 0.29) is 6.04 Å². The van der Waals surface area contributed by atoms with Crippen LogP contribution in [-0.2, 0) is 7.05 Å². The third kappa shape index (κ3) is 2.83. The maximum absolute atomic E-state index is 5.78. The molecule has 1 atom stereocenters. The standard InChI is InChI=1S/C12H22N4/c1-16-9-11(8-15-16)12(7-13)14-6-5-10-3-2-4-10/h8-10,12,14H,2-7,13H2,1H3. The Kier molecular flexibility index (Phi) is 3.96. The third-order valence-corrected chi connectivity index (χ3v) is 3.53. The predicted octanol–water partition coefficient (Wildman–Crippen LogP) is 1.20. The lowest BCUT2D eigenvalue weighted by Crippen LogP contribution is -2.30. The van der Waals surface area contributed by atoms with Crippen LogP contribution in [-0.4, -0.2) is 22.9 Å². The highest BCUT2D eigenvalue weighted by atomic mass is 15.2.